The summed E-state index contributed by atoms with van der Waals surface area (Å²) < 4.78 is 11.7. The zero-order chi connectivity index (χ0) is 28.9. The van der Waals surface area contributed by atoms with Crippen LogP contribution in [0.15, 0.2) is 29.3 Å². The Morgan fingerprint density at radius 3 is 2.26 bits per heavy atom. The Balaban J connectivity index is 2.27. The van der Waals surface area contributed by atoms with Crippen molar-refractivity contribution in [1.82, 2.24) is 10.6 Å². The van der Waals surface area contributed by atoms with Crippen LogP contribution in [0.4, 0.5) is 0 Å². The highest BCUT2D eigenvalue weighted by Crippen LogP contribution is 2.26. The molecule has 2 rings (SSSR count). The first-order valence-electron chi connectivity index (χ1n) is 13.5. The zero-order valence-electron chi connectivity index (χ0n) is 22.9. The van der Waals surface area contributed by atoms with E-state index in [1.807, 2.05) is 38.2 Å². The summed E-state index contributed by atoms with van der Waals surface area (Å²) in [5.41, 5.74) is 0.234. The van der Waals surface area contributed by atoms with Crippen LogP contribution in [0.25, 0.3) is 0 Å². The monoisotopic (exact) mass is 550 g/mol. The normalized spacial score (nSPS) is 24.4. The number of nitrogens with one attached hydrogen (secondary N) is 3. The van der Waals surface area contributed by atoms with E-state index in [0.29, 0.717) is 25.7 Å². The molecule has 1 aliphatic carbocycles. The number of carbonyl (C=O) groups is 2. The first-order chi connectivity index (χ1) is 18.6. The summed E-state index contributed by atoms with van der Waals surface area (Å²) in [4.78, 5) is 30.7. The lowest BCUT2D eigenvalue weighted by Crippen LogP contribution is -2.56. The van der Waals surface area contributed by atoms with Gasteiger partial charge in [0.05, 0.1) is 43.6 Å². The Kier molecular flexibility index (Phi) is 14.0. The smallest absolute Gasteiger partial charge is 0.401 e. The summed E-state index contributed by atoms with van der Waals surface area (Å²) in [6.07, 6.45) is 5.68. The van der Waals surface area contributed by atoms with Gasteiger partial charge in [-0.15, -0.1) is 0 Å². The zero-order valence-corrected chi connectivity index (χ0v) is 22.9. The number of hydrogen-bond acceptors (Lipinski definition) is 10. The molecule has 7 unspecified atom stereocenters. The van der Waals surface area contributed by atoms with E-state index in [0.717, 1.165) is 6.21 Å². The van der Waals surface area contributed by atoms with Gasteiger partial charge in [0.1, 0.15) is 18.2 Å². The third-order valence-corrected chi connectivity index (χ3v) is 6.62. The average Bonchev–Trinajstić information content (AvgIpc) is 3.37. The van der Waals surface area contributed by atoms with E-state index < -0.39 is 68.5 Å². The van der Waals surface area contributed by atoms with Gasteiger partial charge in [-0.3, -0.25) is 14.6 Å². The Bertz CT molecular complexity index is 881. The van der Waals surface area contributed by atoms with Crippen LogP contribution in [-0.2, 0) is 18.9 Å². The maximum absolute atomic E-state index is 13.6. The Hall–Kier alpha value is -2.42. The van der Waals surface area contributed by atoms with Gasteiger partial charge in [0.15, 0.2) is 0 Å². The molecule has 2 aliphatic rings. The van der Waals surface area contributed by atoms with Gasteiger partial charge in [-0.1, -0.05) is 45.1 Å². The summed E-state index contributed by atoms with van der Waals surface area (Å²) in [5.74, 6) is -1.56. The summed E-state index contributed by atoms with van der Waals surface area (Å²) in [6.45, 7) is 4.44. The lowest BCUT2D eigenvalue weighted by molar-refractivity contribution is -0.127. The van der Waals surface area contributed by atoms with E-state index in [1.54, 1.807) is 6.92 Å². The second kappa shape index (κ2) is 16.6. The summed E-state index contributed by atoms with van der Waals surface area (Å²) >= 11 is 0. The maximum Gasteiger partial charge on any atom is 0.481 e. The lowest BCUT2D eigenvalue weighted by Gasteiger charge is -2.27. The molecule has 1 aliphatic heterocycles. The van der Waals surface area contributed by atoms with E-state index in [9.17, 15) is 30.0 Å². The van der Waals surface area contributed by atoms with Crippen LogP contribution in [0.2, 0.25) is 0 Å². The third-order valence-electron chi connectivity index (χ3n) is 6.62. The molecule has 0 bridgehead atoms. The van der Waals surface area contributed by atoms with Crippen LogP contribution >= 0.6 is 0 Å². The molecule has 0 aromatic carbocycles. The minimum Gasteiger partial charge on any atom is -0.401 e. The van der Waals surface area contributed by atoms with Gasteiger partial charge >= 0.3 is 7.12 Å². The molecule has 12 nitrogen and oxygen atoms in total. The van der Waals surface area contributed by atoms with Crippen molar-refractivity contribution in [3.05, 3.63) is 24.3 Å². The van der Waals surface area contributed by atoms with Crippen LogP contribution in [0.5, 0.6) is 0 Å². The van der Waals surface area contributed by atoms with Crippen LogP contribution in [-0.4, -0.2) is 107 Å². The second-order valence-electron chi connectivity index (χ2n) is 10.2. The van der Waals surface area contributed by atoms with Gasteiger partial charge < -0.3 is 45.8 Å². The highest BCUT2D eigenvalue weighted by Gasteiger charge is 2.50. The number of rotatable bonds is 16. The molecule has 0 aromatic heterocycles. The van der Waals surface area contributed by atoms with Crippen LogP contribution < -0.4 is 10.6 Å². The predicted molar refractivity (Wildman–Crippen MR) is 147 cm³/mol. The molecule has 1 fully saturated rings. The van der Waals surface area contributed by atoms with E-state index in [4.69, 9.17) is 14.7 Å². The molecule has 0 spiro atoms. The van der Waals surface area contributed by atoms with Crippen molar-refractivity contribution in [3.63, 3.8) is 0 Å². The van der Waals surface area contributed by atoms with Gasteiger partial charge in [-0.05, 0) is 37.5 Å². The fourth-order valence-electron chi connectivity index (χ4n) is 4.63. The van der Waals surface area contributed by atoms with Gasteiger partial charge in [-0.25, -0.2) is 0 Å². The predicted octanol–water partition coefficient (Wildman–Crippen LogP) is -0.457. The molecule has 0 saturated carbocycles. The fraction of sp³-hybridized carbons (Fsp3) is 0.692. The van der Waals surface area contributed by atoms with E-state index >= 15 is 0 Å². The average molecular weight is 550 g/mol. The minimum absolute atomic E-state index is 0.0188. The van der Waals surface area contributed by atoms with Crippen molar-refractivity contribution in [2.45, 2.75) is 82.9 Å². The van der Waals surface area contributed by atoms with Gasteiger partial charge in [-0.2, -0.15) is 0 Å². The first kappa shape index (κ1) is 32.8. The summed E-state index contributed by atoms with van der Waals surface area (Å²) in [7, 11) is -1.08. The van der Waals surface area contributed by atoms with Gasteiger partial charge in [0.25, 0.3) is 5.91 Å². The number of hydrogen-bond donors (Lipinski definition) is 7. The maximum atomic E-state index is 13.6. The molecule has 1 saturated heterocycles. The van der Waals surface area contributed by atoms with Crippen molar-refractivity contribution < 1.29 is 39.3 Å². The second-order valence-corrected chi connectivity index (χ2v) is 10.2. The molecule has 218 valence electrons. The Morgan fingerprint density at radius 2 is 1.77 bits per heavy atom. The Morgan fingerprint density at radius 1 is 1.13 bits per heavy atom. The van der Waals surface area contributed by atoms with Crippen molar-refractivity contribution in [2.75, 3.05) is 19.8 Å². The molecular weight excluding hydrogens is 507 g/mol. The lowest BCUT2D eigenvalue weighted by atomic mass is 9.74. The quantitative estimate of drug-likeness (QED) is 0.0991. The molecule has 0 radical (unpaired) electrons. The summed E-state index contributed by atoms with van der Waals surface area (Å²) in [6, 6.07) is -0.913. The first-order valence-corrected chi connectivity index (χ1v) is 13.5. The molecule has 7 N–H and O–H groups in total. The van der Waals surface area contributed by atoms with Crippen molar-refractivity contribution >= 4 is 30.9 Å². The van der Waals surface area contributed by atoms with E-state index in [-0.39, 0.29) is 24.1 Å². The molecule has 39 heavy (non-hydrogen) atoms. The van der Waals surface area contributed by atoms with Crippen molar-refractivity contribution in [3.8, 4) is 0 Å². The fourth-order valence-corrected chi connectivity index (χ4v) is 4.63. The molecular formula is C26H43BN4O8. The van der Waals surface area contributed by atoms with E-state index in [2.05, 4.69) is 15.6 Å². The summed E-state index contributed by atoms with van der Waals surface area (Å²) in [5, 5.41) is 52.3. The van der Waals surface area contributed by atoms with Crippen molar-refractivity contribution in [2.24, 2.45) is 16.8 Å². The van der Waals surface area contributed by atoms with Gasteiger partial charge in [0.2, 0.25) is 5.91 Å². The highest BCUT2D eigenvalue weighted by molar-refractivity contribution is 6.47. The topological polar surface area (TPSA) is 194 Å². The minimum atomic E-state index is -1.37. The highest BCUT2D eigenvalue weighted by atomic mass is 16.7. The number of aliphatic hydroxyl groups is 4. The largest absolute Gasteiger partial charge is 0.481 e. The van der Waals surface area contributed by atoms with Crippen molar-refractivity contribution in [1.29, 1.82) is 5.41 Å². The number of amides is 2. The van der Waals surface area contributed by atoms with E-state index in [1.165, 1.54) is 0 Å². The van der Waals surface area contributed by atoms with Crippen LogP contribution in [0.3, 0.4) is 0 Å². The van der Waals surface area contributed by atoms with Crippen LogP contribution in [0.1, 0.15) is 46.5 Å². The number of aliphatic imine (C=N–C) groups is 1. The third kappa shape index (κ3) is 9.93. The molecule has 7 atom stereocenters. The standard InChI is InChI=1S/C26H43BN4O8/c1-4-18(29-11-10-28)25(36)30-19(13-17-8-6-5-7-9-17)26(37)31-22(12-16(2)3)27-38-23(20(34)14-32)24(39-27)21(35)15-33/h5-8,10,16-17,19-24,28,32-35H,4,9,11-15H2,1-3H3,(H,30,36)(H,31,37). The van der Waals surface area contributed by atoms with Gasteiger partial charge in [0, 0.05) is 6.21 Å². The molecule has 1 heterocycles. The number of allylic oxidation sites excluding steroid dienone is 4. The Labute approximate surface area is 230 Å². The molecule has 2 amide bonds. The number of carbonyl (C=O) groups excluding carboxylic acids is 2. The SMILES string of the molecule is CCC(=NCC=N)C(=O)NC(CC1C=CC=CC1)C(=O)NC(CC(C)C)B1OC(C(O)CO)C(C(O)CO)O1. The molecule has 13 heteroatoms. The number of aliphatic hydroxyl groups excluding tert-OH is 4. The number of nitrogens with zero attached hydrogens (tertiary/aromatic N) is 1. The molecule has 0 aromatic rings. The van der Waals surface area contributed by atoms with Crippen LogP contribution in [0, 0.1) is 17.2 Å².